The van der Waals surface area contributed by atoms with Crippen LogP contribution >= 0.6 is 31.9 Å². The molecule has 0 saturated carbocycles. The molecule has 7 aromatic heterocycles. The summed E-state index contributed by atoms with van der Waals surface area (Å²) in [5.41, 5.74) is 34.2. The Hall–Kier alpha value is -15.5. The molecule has 0 saturated heterocycles. The van der Waals surface area contributed by atoms with Gasteiger partial charge in [-0.1, -0.05) is 347 Å². The van der Waals surface area contributed by atoms with Crippen LogP contribution in [0, 0.1) is 0 Å². The lowest BCUT2D eigenvalue weighted by Crippen LogP contribution is -1.96. The van der Waals surface area contributed by atoms with Gasteiger partial charge < -0.3 is 14.1 Å². The summed E-state index contributed by atoms with van der Waals surface area (Å²) in [7, 11) is 0. The Balaban J connectivity index is 0.000000142. The van der Waals surface area contributed by atoms with E-state index in [4.69, 9.17) is 19.9 Å². The minimum absolute atomic E-state index is 0.912. The molecule has 0 aliphatic carbocycles. The Bertz CT molecular complexity index is 7390. The number of aromatic nitrogens is 7. The predicted octanol–water partition coefficient (Wildman–Crippen LogP) is 32.0. The van der Waals surface area contributed by atoms with Crippen LogP contribution in [-0.4, -0.2) is 34.1 Å². The summed E-state index contributed by atoms with van der Waals surface area (Å²) in [6.45, 7) is 0. The van der Waals surface area contributed by atoms with Gasteiger partial charge in [-0.05, 0) is 190 Å². The lowest BCUT2D eigenvalue weighted by molar-refractivity contribution is 1.18. The van der Waals surface area contributed by atoms with E-state index >= 15 is 0 Å². The molecular formula is C116H77Br2N7. The second kappa shape index (κ2) is 34.2. The molecule has 0 fully saturated rings. The predicted molar refractivity (Wildman–Crippen MR) is 529 cm³/mol. The van der Waals surface area contributed by atoms with Crippen LogP contribution in [0.3, 0.4) is 0 Å². The number of nitrogens with zero attached hydrogens (tertiary/aromatic N) is 6. The van der Waals surface area contributed by atoms with Gasteiger partial charge in [0.2, 0.25) is 0 Å². The van der Waals surface area contributed by atoms with E-state index in [9.17, 15) is 0 Å². The molecule has 0 radical (unpaired) electrons. The van der Waals surface area contributed by atoms with Crippen molar-refractivity contribution in [2.24, 2.45) is 0 Å². The number of hydrogen-bond acceptors (Lipinski definition) is 4. The highest BCUT2D eigenvalue weighted by Crippen LogP contribution is 2.42. The third kappa shape index (κ3) is 15.9. The highest BCUT2D eigenvalue weighted by atomic mass is 79.9. The van der Waals surface area contributed by atoms with Crippen molar-refractivity contribution in [2.45, 2.75) is 0 Å². The van der Waals surface area contributed by atoms with Gasteiger partial charge in [0.15, 0.2) is 0 Å². The molecule has 0 amide bonds. The van der Waals surface area contributed by atoms with Crippen LogP contribution in [-0.2, 0) is 0 Å². The summed E-state index contributed by atoms with van der Waals surface area (Å²) in [5.74, 6) is 0. The molecule has 23 rings (SSSR count). The smallest absolute Gasteiger partial charge is 0.0716 e. The van der Waals surface area contributed by atoms with Crippen LogP contribution in [0.15, 0.2) is 470 Å². The first-order chi connectivity index (χ1) is 61.7. The fourth-order valence-electron chi connectivity index (χ4n) is 17.3. The SMILES string of the molecule is Brc1cccc(-c2cc(-c3cccc(-c4cc(-c5ccccc5)nc(-c5cccc(Br)c5)c4)c3)cc(-c3ccccc3)n2)c1.c1ccc(-c2cc(-c3cccc(-c4cc(-c5ccccc5)nc(-c5cccc(-n6c7ccccc7c7ccccc76)c5)c4)c3)cc(-c3cccc(-n4c5ccccc5c5ccccc54)c3)n2)cc1.c1ccc2c(c1)[nH]c1ccccc12. The third-order valence-electron chi connectivity index (χ3n) is 23.3. The largest absolute Gasteiger partial charge is 0.355 e. The van der Waals surface area contributed by atoms with Crippen molar-refractivity contribution in [2.75, 3.05) is 0 Å². The molecule has 7 heterocycles. The minimum Gasteiger partial charge on any atom is -0.355 e. The van der Waals surface area contributed by atoms with Crippen molar-refractivity contribution in [1.29, 1.82) is 0 Å². The molecule has 0 spiro atoms. The lowest BCUT2D eigenvalue weighted by Gasteiger charge is -2.14. The molecule has 125 heavy (non-hydrogen) atoms. The molecule has 23 aromatic rings. The van der Waals surface area contributed by atoms with Gasteiger partial charge in [-0.15, -0.1) is 0 Å². The maximum atomic E-state index is 5.36. The zero-order valence-electron chi connectivity index (χ0n) is 67.8. The highest BCUT2D eigenvalue weighted by Gasteiger charge is 2.20. The van der Waals surface area contributed by atoms with Gasteiger partial charge >= 0.3 is 0 Å². The van der Waals surface area contributed by atoms with Gasteiger partial charge in [-0.25, -0.2) is 19.9 Å². The Morgan fingerprint density at radius 3 is 0.664 bits per heavy atom. The molecular weight excluding hydrogens is 1650 g/mol. The van der Waals surface area contributed by atoms with Crippen molar-refractivity contribution >= 4 is 97.3 Å². The van der Waals surface area contributed by atoms with E-state index in [1.807, 2.05) is 36.4 Å². The number of rotatable bonds is 14. The summed E-state index contributed by atoms with van der Waals surface area (Å²) in [4.78, 5) is 24.3. The van der Waals surface area contributed by atoms with Crippen LogP contribution in [0.25, 0.3) is 211 Å². The summed E-state index contributed by atoms with van der Waals surface area (Å²) in [6.07, 6.45) is 0. The highest BCUT2D eigenvalue weighted by molar-refractivity contribution is 9.10. The van der Waals surface area contributed by atoms with Gasteiger partial charge in [0.25, 0.3) is 0 Å². The second-order valence-corrected chi connectivity index (χ2v) is 33.0. The Morgan fingerprint density at radius 1 is 0.160 bits per heavy atom. The maximum Gasteiger partial charge on any atom is 0.0716 e. The van der Waals surface area contributed by atoms with E-state index in [1.54, 1.807) is 0 Å². The molecule has 0 atom stereocenters. The minimum atomic E-state index is 0.912. The molecule has 0 aliphatic rings. The van der Waals surface area contributed by atoms with Crippen LogP contribution in [0.5, 0.6) is 0 Å². The van der Waals surface area contributed by atoms with Gasteiger partial charge in [-0.2, -0.15) is 0 Å². The standard InChI is InChI=1S/C64H42N4.C40H26Br2N2.C12H9N/c1-3-18-43(19-4-1)57-39-49(41-59(65-57)47-24-16-26-51(37-47)67-61-32-11-7-28-53(61)54-29-8-12-33-62(54)67)45-22-15-23-46(36-45)50-40-58(44-20-5-2-6-21-44)66-60(42-50)48-25-17-27-52(38-48)68-63-34-13-9-30-55(63)56-31-10-14-35-64(56)68;41-35-18-8-16-31(21-35)39-25-33(23-37(43-39)27-10-3-1-4-11-27)29-14-7-15-30(20-29)34-24-38(28-12-5-2-6-13-28)44-40(26-34)32-17-9-19-36(42)22-32;1-3-7-11-9(5-1)10-6-2-4-8-12(10)13-11/h1-42H;1-26H;1-8,13H. The number of fused-ring (bicyclic) bond motifs is 9. The monoisotopic (exact) mass is 1730 g/mol. The fourth-order valence-corrected chi connectivity index (χ4v) is 18.1. The fraction of sp³-hybridized carbons (Fsp3) is 0. The summed E-state index contributed by atoms with van der Waals surface area (Å²) in [6, 6.07) is 163. The zero-order valence-corrected chi connectivity index (χ0v) is 71.0. The lowest BCUT2D eigenvalue weighted by atomic mass is 9.95. The number of aromatic amines is 1. The molecule has 16 aromatic carbocycles. The Labute approximate surface area is 741 Å². The van der Waals surface area contributed by atoms with Crippen molar-refractivity contribution in [3.8, 4) is 146 Å². The van der Waals surface area contributed by atoms with E-state index in [2.05, 4.69) is 471 Å². The quantitative estimate of drug-likeness (QED) is 0.118. The first-order valence-electron chi connectivity index (χ1n) is 41.9. The summed E-state index contributed by atoms with van der Waals surface area (Å²) >= 11 is 7.27. The number of benzene rings is 16. The zero-order chi connectivity index (χ0) is 83.5. The topological polar surface area (TPSA) is 77.2 Å². The number of hydrogen-bond donors (Lipinski definition) is 1. The molecule has 0 unspecified atom stereocenters. The molecule has 9 heteroatoms. The van der Waals surface area contributed by atoms with Gasteiger partial charge in [-0.3, -0.25) is 0 Å². The molecule has 590 valence electrons. The van der Waals surface area contributed by atoms with Crippen molar-refractivity contribution in [3.05, 3.63) is 470 Å². The Morgan fingerprint density at radius 2 is 0.376 bits per heavy atom. The number of pyridine rings is 4. The van der Waals surface area contributed by atoms with E-state index in [1.165, 1.54) is 65.4 Å². The molecule has 0 aliphatic heterocycles. The second-order valence-electron chi connectivity index (χ2n) is 31.2. The number of para-hydroxylation sites is 6. The van der Waals surface area contributed by atoms with Crippen molar-refractivity contribution in [3.63, 3.8) is 0 Å². The maximum absolute atomic E-state index is 5.36. The van der Waals surface area contributed by atoms with E-state index in [-0.39, 0.29) is 0 Å². The molecule has 7 nitrogen and oxygen atoms in total. The first-order valence-corrected chi connectivity index (χ1v) is 43.5. The number of halogens is 2. The molecule has 0 bridgehead atoms. The van der Waals surface area contributed by atoms with Crippen LogP contribution in [0.4, 0.5) is 0 Å². The summed E-state index contributed by atoms with van der Waals surface area (Å²) < 4.78 is 6.79. The third-order valence-corrected chi connectivity index (χ3v) is 24.2. The van der Waals surface area contributed by atoms with E-state index in [0.29, 0.717) is 0 Å². The average Bonchev–Trinajstić information content (AvgIpc) is 1.46. The normalized spacial score (nSPS) is 11.3. The van der Waals surface area contributed by atoms with Gasteiger partial charge in [0.05, 0.1) is 67.6 Å². The van der Waals surface area contributed by atoms with E-state index < -0.39 is 0 Å². The van der Waals surface area contributed by atoms with Crippen molar-refractivity contribution < 1.29 is 0 Å². The van der Waals surface area contributed by atoms with Crippen LogP contribution in [0.2, 0.25) is 0 Å². The number of nitrogens with one attached hydrogen (secondary N) is 1. The Kier molecular flexibility index (Phi) is 21.0. The average molecular weight is 1730 g/mol. The van der Waals surface area contributed by atoms with Crippen LogP contribution < -0.4 is 0 Å². The van der Waals surface area contributed by atoms with Crippen molar-refractivity contribution in [1.82, 2.24) is 34.1 Å². The molecule has 1 N–H and O–H groups in total. The van der Waals surface area contributed by atoms with Crippen LogP contribution in [0.1, 0.15) is 0 Å². The van der Waals surface area contributed by atoms with Gasteiger partial charge in [0, 0.05) is 108 Å². The van der Waals surface area contributed by atoms with Gasteiger partial charge in [0.1, 0.15) is 0 Å². The first kappa shape index (κ1) is 76.8. The number of H-pyrrole nitrogens is 1. The summed E-state index contributed by atoms with van der Waals surface area (Å²) in [5, 5.41) is 7.57. The van der Waals surface area contributed by atoms with E-state index in [0.717, 1.165) is 155 Å².